The number of benzene rings is 1. The Balaban J connectivity index is 1.33. The minimum absolute atomic E-state index is 0.0932. The quantitative estimate of drug-likeness (QED) is 0.585. The number of hydrogen-bond donors (Lipinski definition) is 0. The number of nitrogens with zero attached hydrogens (tertiary/aromatic N) is 4. The summed E-state index contributed by atoms with van der Waals surface area (Å²) in [5.41, 5.74) is 1.77. The van der Waals surface area contributed by atoms with Crippen molar-refractivity contribution < 1.29 is 9.53 Å². The molecule has 8 heteroatoms. The zero-order chi connectivity index (χ0) is 20.9. The summed E-state index contributed by atoms with van der Waals surface area (Å²) in [5, 5.41) is 14.7. The molecule has 1 fully saturated rings. The van der Waals surface area contributed by atoms with Crippen LogP contribution >= 0.6 is 22.7 Å². The fourth-order valence-corrected chi connectivity index (χ4v) is 5.18. The lowest BCUT2D eigenvalue weighted by Crippen LogP contribution is -2.49. The molecule has 30 heavy (non-hydrogen) atoms. The molecular weight excluding hydrogens is 416 g/mol. The van der Waals surface area contributed by atoms with Crippen molar-refractivity contribution >= 4 is 28.6 Å². The highest BCUT2D eigenvalue weighted by Crippen LogP contribution is 2.28. The van der Waals surface area contributed by atoms with Gasteiger partial charge >= 0.3 is 0 Å². The number of nitriles is 1. The number of carbonyl (C=O) groups is 1. The molecule has 0 spiro atoms. The molecule has 1 saturated heterocycles. The molecule has 0 radical (unpaired) electrons. The van der Waals surface area contributed by atoms with Crippen LogP contribution in [0.25, 0.3) is 9.88 Å². The van der Waals surface area contributed by atoms with Gasteiger partial charge in [0.15, 0.2) is 0 Å². The Bertz CT molecular complexity index is 1020. The molecule has 0 bridgehead atoms. The van der Waals surface area contributed by atoms with Gasteiger partial charge in [-0.1, -0.05) is 18.2 Å². The molecular formula is C22H22N4O2S2. The van der Waals surface area contributed by atoms with E-state index >= 15 is 0 Å². The van der Waals surface area contributed by atoms with Crippen molar-refractivity contribution in [3.8, 4) is 21.7 Å². The second-order valence-electron chi connectivity index (χ2n) is 7.02. The summed E-state index contributed by atoms with van der Waals surface area (Å²) in [6, 6.07) is 13.7. The Kier molecular flexibility index (Phi) is 6.43. The van der Waals surface area contributed by atoms with Crippen molar-refractivity contribution in [2.45, 2.75) is 12.5 Å². The van der Waals surface area contributed by atoms with Crippen LogP contribution in [0, 0.1) is 11.3 Å². The first kappa shape index (κ1) is 20.5. The molecule has 1 amide bonds. The third kappa shape index (κ3) is 4.54. The molecule has 0 aliphatic carbocycles. The summed E-state index contributed by atoms with van der Waals surface area (Å²) in [4.78, 5) is 22.5. The number of amides is 1. The molecule has 1 unspecified atom stereocenters. The van der Waals surface area contributed by atoms with Crippen LogP contribution in [0.4, 0.5) is 0 Å². The number of ether oxygens (including phenoxy) is 1. The Morgan fingerprint density at radius 2 is 1.97 bits per heavy atom. The van der Waals surface area contributed by atoms with Crippen LogP contribution in [-0.2, 0) is 11.2 Å². The van der Waals surface area contributed by atoms with Crippen LogP contribution in [0.5, 0.6) is 5.75 Å². The van der Waals surface area contributed by atoms with Crippen LogP contribution in [-0.4, -0.2) is 54.0 Å². The van der Waals surface area contributed by atoms with Gasteiger partial charge in [-0.15, -0.1) is 22.7 Å². The van der Waals surface area contributed by atoms with Gasteiger partial charge in [0.1, 0.15) is 16.8 Å². The van der Waals surface area contributed by atoms with E-state index in [0.29, 0.717) is 32.6 Å². The lowest BCUT2D eigenvalue weighted by Gasteiger charge is -2.37. The van der Waals surface area contributed by atoms with E-state index in [-0.39, 0.29) is 11.9 Å². The summed E-state index contributed by atoms with van der Waals surface area (Å²) in [5.74, 6) is 0.866. The van der Waals surface area contributed by atoms with Gasteiger partial charge in [-0.05, 0) is 29.1 Å². The van der Waals surface area contributed by atoms with E-state index in [0.717, 1.165) is 26.9 Å². The maximum Gasteiger partial charge on any atom is 0.228 e. The fourth-order valence-electron chi connectivity index (χ4n) is 3.55. The minimum Gasteiger partial charge on any atom is -0.497 e. The Hall–Kier alpha value is -2.73. The molecule has 3 heterocycles. The molecule has 1 aromatic carbocycles. The van der Waals surface area contributed by atoms with E-state index in [4.69, 9.17) is 4.74 Å². The standard InChI is InChI=1S/C22H22N4O2S2/c1-28-18-6-4-16(5-7-18)19(14-23)25-8-10-26(11-9-25)21(27)13-17-15-30-22(24-17)20-3-2-12-29-20/h2-7,12,15,19H,8-11,13H2,1H3. The van der Waals surface area contributed by atoms with Crippen molar-refractivity contribution in [1.82, 2.24) is 14.8 Å². The Morgan fingerprint density at radius 3 is 2.60 bits per heavy atom. The summed E-state index contributed by atoms with van der Waals surface area (Å²) >= 11 is 3.23. The van der Waals surface area contributed by atoms with Crippen molar-refractivity contribution in [2.75, 3.05) is 33.3 Å². The predicted molar refractivity (Wildman–Crippen MR) is 119 cm³/mol. The lowest BCUT2D eigenvalue weighted by molar-refractivity contribution is -0.132. The molecule has 154 valence electrons. The number of hydrogen-bond acceptors (Lipinski definition) is 7. The molecule has 1 aliphatic heterocycles. The first-order chi connectivity index (χ1) is 14.7. The van der Waals surface area contributed by atoms with E-state index in [1.165, 1.54) is 0 Å². The average Bonchev–Trinajstić information content (AvgIpc) is 3.47. The predicted octanol–water partition coefficient (Wildman–Crippen LogP) is 3.83. The van der Waals surface area contributed by atoms with Crippen molar-refractivity contribution in [3.05, 3.63) is 58.4 Å². The van der Waals surface area contributed by atoms with Gasteiger partial charge in [0.25, 0.3) is 0 Å². The zero-order valence-electron chi connectivity index (χ0n) is 16.7. The molecule has 3 aromatic rings. The summed E-state index contributed by atoms with van der Waals surface area (Å²) in [6.07, 6.45) is 0.321. The van der Waals surface area contributed by atoms with Gasteiger partial charge in [-0.25, -0.2) is 4.98 Å². The molecule has 4 rings (SSSR count). The lowest BCUT2D eigenvalue weighted by atomic mass is 10.1. The van der Waals surface area contributed by atoms with Crippen LogP contribution in [0.2, 0.25) is 0 Å². The van der Waals surface area contributed by atoms with E-state index in [1.807, 2.05) is 52.1 Å². The number of thiazole rings is 1. The summed E-state index contributed by atoms with van der Waals surface area (Å²) in [6.45, 7) is 2.59. The number of thiophene rings is 1. The maximum absolute atomic E-state index is 12.7. The molecule has 1 atom stereocenters. The molecule has 2 aromatic heterocycles. The number of rotatable bonds is 6. The summed E-state index contributed by atoms with van der Waals surface area (Å²) < 4.78 is 5.20. The second kappa shape index (κ2) is 9.39. The second-order valence-corrected chi connectivity index (χ2v) is 8.83. The van der Waals surface area contributed by atoms with Gasteiger partial charge < -0.3 is 9.64 Å². The van der Waals surface area contributed by atoms with Crippen LogP contribution < -0.4 is 4.74 Å². The van der Waals surface area contributed by atoms with Crippen LogP contribution in [0.15, 0.2) is 47.2 Å². The normalized spacial score (nSPS) is 15.5. The van der Waals surface area contributed by atoms with Crippen molar-refractivity contribution in [1.29, 1.82) is 5.26 Å². The SMILES string of the molecule is COc1ccc(C(C#N)N2CCN(C(=O)Cc3csc(-c4cccs4)n3)CC2)cc1. The fraction of sp³-hybridized carbons (Fsp3) is 0.318. The van der Waals surface area contributed by atoms with E-state index in [1.54, 1.807) is 29.8 Å². The Labute approximate surface area is 184 Å². The topological polar surface area (TPSA) is 69.5 Å². The first-order valence-electron chi connectivity index (χ1n) is 9.71. The third-order valence-corrected chi connectivity index (χ3v) is 7.13. The highest BCUT2D eigenvalue weighted by molar-refractivity contribution is 7.20. The van der Waals surface area contributed by atoms with Gasteiger partial charge in [-0.2, -0.15) is 5.26 Å². The largest absolute Gasteiger partial charge is 0.497 e. The van der Waals surface area contributed by atoms with Gasteiger partial charge in [0.2, 0.25) is 5.91 Å². The van der Waals surface area contributed by atoms with E-state index in [9.17, 15) is 10.1 Å². The monoisotopic (exact) mass is 438 g/mol. The van der Waals surface area contributed by atoms with E-state index in [2.05, 4.69) is 16.0 Å². The smallest absolute Gasteiger partial charge is 0.228 e. The Morgan fingerprint density at radius 1 is 1.20 bits per heavy atom. The van der Waals surface area contributed by atoms with Gasteiger partial charge in [-0.3, -0.25) is 9.69 Å². The first-order valence-corrected chi connectivity index (χ1v) is 11.5. The van der Waals surface area contributed by atoms with Crippen molar-refractivity contribution in [3.63, 3.8) is 0 Å². The van der Waals surface area contributed by atoms with Gasteiger partial charge in [0, 0.05) is 31.6 Å². The maximum atomic E-state index is 12.7. The highest BCUT2D eigenvalue weighted by atomic mass is 32.1. The van der Waals surface area contributed by atoms with Crippen LogP contribution in [0.1, 0.15) is 17.3 Å². The highest BCUT2D eigenvalue weighted by Gasteiger charge is 2.27. The zero-order valence-corrected chi connectivity index (χ0v) is 18.3. The molecule has 6 nitrogen and oxygen atoms in total. The molecule has 1 aliphatic rings. The third-order valence-electron chi connectivity index (χ3n) is 5.20. The average molecular weight is 439 g/mol. The number of piperazine rings is 1. The number of methoxy groups -OCH3 is 1. The van der Waals surface area contributed by atoms with Gasteiger partial charge in [0.05, 0.1) is 30.2 Å². The van der Waals surface area contributed by atoms with E-state index < -0.39 is 0 Å². The molecule has 0 saturated carbocycles. The van der Waals surface area contributed by atoms with Crippen LogP contribution in [0.3, 0.4) is 0 Å². The number of aromatic nitrogens is 1. The molecule has 0 N–H and O–H groups in total. The number of carbonyl (C=O) groups excluding carboxylic acids is 1. The van der Waals surface area contributed by atoms with Crippen molar-refractivity contribution in [2.24, 2.45) is 0 Å². The minimum atomic E-state index is -0.319. The summed E-state index contributed by atoms with van der Waals surface area (Å²) in [7, 11) is 1.63.